The van der Waals surface area contributed by atoms with Gasteiger partial charge in [0.25, 0.3) is 0 Å². The Labute approximate surface area is 72.1 Å². The molecule has 0 aliphatic heterocycles. The lowest BCUT2D eigenvalue weighted by atomic mass is 10.1. The number of aromatic amines is 1. The lowest BCUT2D eigenvalue weighted by Crippen LogP contribution is -2.12. The van der Waals surface area contributed by atoms with Crippen LogP contribution >= 0.6 is 0 Å². The first-order chi connectivity index (χ1) is 5.84. The number of aromatic nitrogens is 2. The molecule has 1 rings (SSSR count). The fourth-order valence-electron chi connectivity index (χ4n) is 1.06. The maximum Gasteiger partial charge on any atom is 0.123 e. The molecule has 0 aromatic carbocycles. The number of ether oxygens (including phenoxy) is 1. The number of hydrogen-bond acceptors (Lipinski definition) is 3. The van der Waals surface area contributed by atoms with Crippen LogP contribution in [0.2, 0.25) is 0 Å². The number of rotatable bonds is 5. The molecule has 0 spiro atoms. The van der Waals surface area contributed by atoms with Crippen molar-refractivity contribution in [3.63, 3.8) is 0 Å². The van der Waals surface area contributed by atoms with E-state index in [4.69, 9.17) is 10.5 Å². The Morgan fingerprint density at radius 2 is 2.58 bits per heavy atom. The van der Waals surface area contributed by atoms with Crippen molar-refractivity contribution < 1.29 is 4.74 Å². The summed E-state index contributed by atoms with van der Waals surface area (Å²) in [6.07, 6.45) is 5.37. The third-order valence-corrected chi connectivity index (χ3v) is 1.73. The molecule has 0 saturated carbocycles. The zero-order valence-corrected chi connectivity index (χ0v) is 7.29. The minimum Gasteiger partial charge on any atom is -0.385 e. The molecule has 68 valence electrons. The van der Waals surface area contributed by atoms with Crippen LogP contribution in [-0.4, -0.2) is 23.7 Å². The Morgan fingerprint density at radius 3 is 3.17 bits per heavy atom. The second-order valence-corrected chi connectivity index (χ2v) is 2.72. The molecule has 0 aliphatic rings. The van der Waals surface area contributed by atoms with Gasteiger partial charge in [-0.1, -0.05) is 0 Å². The third-order valence-electron chi connectivity index (χ3n) is 1.73. The fraction of sp³-hybridized carbons (Fsp3) is 0.625. The molecular formula is C8H15N3O. The van der Waals surface area contributed by atoms with Crippen LogP contribution in [-0.2, 0) is 4.74 Å². The van der Waals surface area contributed by atoms with E-state index in [0.29, 0.717) is 0 Å². The summed E-state index contributed by atoms with van der Waals surface area (Å²) in [5.74, 6) is 0.853. The molecule has 1 aromatic heterocycles. The van der Waals surface area contributed by atoms with Crippen molar-refractivity contribution in [2.24, 2.45) is 5.73 Å². The molecule has 1 unspecified atom stereocenters. The van der Waals surface area contributed by atoms with Crippen LogP contribution in [0.15, 0.2) is 12.4 Å². The van der Waals surface area contributed by atoms with Crippen LogP contribution in [0.25, 0.3) is 0 Å². The standard InChI is InChI=1S/C8H15N3O/c1-12-6-2-3-7(9)8-10-4-5-11-8/h4-5,7H,2-3,6,9H2,1H3,(H,10,11). The molecule has 4 heteroatoms. The van der Waals surface area contributed by atoms with Crippen LogP contribution in [0.1, 0.15) is 24.7 Å². The van der Waals surface area contributed by atoms with Gasteiger partial charge in [-0.2, -0.15) is 0 Å². The van der Waals surface area contributed by atoms with E-state index in [1.54, 1.807) is 19.5 Å². The van der Waals surface area contributed by atoms with E-state index in [1.165, 1.54) is 0 Å². The van der Waals surface area contributed by atoms with Crippen LogP contribution in [0, 0.1) is 0 Å². The van der Waals surface area contributed by atoms with Crippen molar-refractivity contribution in [1.82, 2.24) is 9.97 Å². The van der Waals surface area contributed by atoms with Gasteiger partial charge in [0.05, 0.1) is 6.04 Å². The summed E-state index contributed by atoms with van der Waals surface area (Å²) in [4.78, 5) is 7.06. The number of nitrogens with two attached hydrogens (primary N) is 1. The molecule has 0 fully saturated rings. The topological polar surface area (TPSA) is 63.9 Å². The first-order valence-electron chi connectivity index (χ1n) is 4.08. The Balaban J connectivity index is 2.25. The zero-order valence-electron chi connectivity index (χ0n) is 7.29. The van der Waals surface area contributed by atoms with Gasteiger partial charge in [-0.3, -0.25) is 0 Å². The Morgan fingerprint density at radius 1 is 1.75 bits per heavy atom. The molecule has 12 heavy (non-hydrogen) atoms. The first-order valence-corrected chi connectivity index (χ1v) is 4.08. The van der Waals surface area contributed by atoms with Gasteiger partial charge in [0.15, 0.2) is 0 Å². The maximum atomic E-state index is 5.83. The molecule has 4 nitrogen and oxygen atoms in total. The highest BCUT2D eigenvalue weighted by Crippen LogP contribution is 2.09. The van der Waals surface area contributed by atoms with Gasteiger partial charge in [-0.05, 0) is 12.8 Å². The predicted octanol–water partition coefficient (Wildman–Crippen LogP) is 0.836. The molecule has 0 radical (unpaired) electrons. The van der Waals surface area contributed by atoms with Gasteiger partial charge in [0.2, 0.25) is 0 Å². The van der Waals surface area contributed by atoms with Gasteiger partial charge in [0, 0.05) is 26.1 Å². The van der Waals surface area contributed by atoms with Crippen molar-refractivity contribution >= 4 is 0 Å². The largest absolute Gasteiger partial charge is 0.385 e. The molecule has 0 amide bonds. The van der Waals surface area contributed by atoms with E-state index in [9.17, 15) is 0 Å². The number of methoxy groups -OCH3 is 1. The van der Waals surface area contributed by atoms with Crippen LogP contribution in [0.3, 0.4) is 0 Å². The Bertz CT molecular complexity index is 198. The molecule has 0 aliphatic carbocycles. The van der Waals surface area contributed by atoms with Crippen molar-refractivity contribution in [2.75, 3.05) is 13.7 Å². The Hall–Kier alpha value is -0.870. The molecule has 1 aromatic rings. The number of hydrogen-bond donors (Lipinski definition) is 2. The van der Waals surface area contributed by atoms with Gasteiger partial charge in [0.1, 0.15) is 5.82 Å². The number of nitrogens with one attached hydrogen (secondary N) is 1. The maximum absolute atomic E-state index is 5.83. The highest BCUT2D eigenvalue weighted by molar-refractivity contribution is 4.93. The van der Waals surface area contributed by atoms with E-state index >= 15 is 0 Å². The minimum atomic E-state index is 0.00940. The number of nitrogens with zero attached hydrogens (tertiary/aromatic N) is 1. The van der Waals surface area contributed by atoms with Gasteiger partial charge >= 0.3 is 0 Å². The van der Waals surface area contributed by atoms with E-state index in [1.807, 2.05) is 0 Å². The quantitative estimate of drug-likeness (QED) is 0.642. The smallest absolute Gasteiger partial charge is 0.123 e. The van der Waals surface area contributed by atoms with Crippen molar-refractivity contribution in [1.29, 1.82) is 0 Å². The van der Waals surface area contributed by atoms with Crippen LogP contribution in [0.4, 0.5) is 0 Å². The molecule has 1 heterocycles. The Kier molecular flexibility index (Phi) is 3.76. The second kappa shape index (κ2) is 4.90. The van der Waals surface area contributed by atoms with Crippen LogP contribution < -0.4 is 5.73 Å². The average molecular weight is 169 g/mol. The summed E-state index contributed by atoms with van der Waals surface area (Å²) in [7, 11) is 1.69. The van der Waals surface area contributed by atoms with E-state index in [2.05, 4.69) is 9.97 Å². The lowest BCUT2D eigenvalue weighted by Gasteiger charge is -2.07. The lowest BCUT2D eigenvalue weighted by molar-refractivity contribution is 0.190. The predicted molar refractivity (Wildman–Crippen MR) is 46.6 cm³/mol. The van der Waals surface area contributed by atoms with Gasteiger partial charge in [-0.15, -0.1) is 0 Å². The SMILES string of the molecule is COCCCC(N)c1ncc[nH]1. The average Bonchev–Trinajstić information content (AvgIpc) is 2.56. The molecule has 1 atom stereocenters. The number of H-pyrrole nitrogens is 1. The minimum absolute atomic E-state index is 0.00940. The fourth-order valence-corrected chi connectivity index (χ4v) is 1.06. The van der Waals surface area contributed by atoms with E-state index in [-0.39, 0.29) is 6.04 Å². The summed E-state index contributed by atoms with van der Waals surface area (Å²) in [5.41, 5.74) is 5.83. The molecule has 0 saturated heterocycles. The third kappa shape index (κ3) is 2.64. The zero-order chi connectivity index (χ0) is 8.81. The summed E-state index contributed by atoms with van der Waals surface area (Å²) in [6, 6.07) is 0.00940. The second-order valence-electron chi connectivity index (χ2n) is 2.72. The highest BCUT2D eigenvalue weighted by atomic mass is 16.5. The van der Waals surface area contributed by atoms with E-state index in [0.717, 1.165) is 25.3 Å². The summed E-state index contributed by atoms with van der Waals surface area (Å²) in [6.45, 7) is 0.758. The summed E-state index contributed by atoms with van der Waals surface area (Å²) in [5, 5.41) is 0. The van der Waals surface area contributed by atoms with Crippen molar-refractivity contribution in [3.8, 4) is 0 Å². The normalized spacial score (nSPS) is 13.2. The summed E-state index contributed by atoms with van der Waals surface area (Å²) < 4.78 is 4.92. The van der Waals surface area contributed by atoms with Crippen LogP contribution in [0.5, 0.6) is 0 Å². The van der Waals surface area contributed by atoms with Crippen molar-refractivity contribution in [2.45, 2.75) is 18.9 Å². The monoisotopic (exact) mass is 169 g/mol. The van der Waals surface area contributed by atoms with Gasteiger partial charge < -0.3 is 15.5 Å². The van der Waals surface area contributed by atoms with Crippen molar-refractivity contribution in [3.05, 3.63) is 18.2 Å². The molecular weight excluding hydrogens is 154 g/mol. The van der Waals surface area contributed by atoms with E-state index < -0.39 is 0 Å². The highest BCUT2D eigenvalue weighted by Gasteiger charge is 2.06. The summed E-state index contributed by atoms with van der Waals surface area (Å²) >= 11 is 0. The molecule has 3 N–H and O–H groups in total. The molecule has 0 bridgehead atoms. The van der Waals surface area contributed by atoms with Gasteiger partial charge in [-0.25, -0.2) is 4.98 Å². The first kappa shape index (κ1) is 9.22. The number of imidazole rings is 1.